The van der Waals surface area contributed by atoms with Crippen LogP contribution >= 0.6 is 11.8 Å². The number of hydrogen-bond donors (Lipinski definition) is 1. The first kappa shape index (κ1) is 27.9. The zero-order valence-corrected chi connectivity index (χ0v) is 22.8. The maximum absolute atomic E-state index is 12.0. The second-order valence-electron chi connectivity index (χ2n) is 9.89. The first-order valence-corrected chi connectivity index (χ1v) is 13.5. The molecular formula is C31H29N3O4S. The number of aliphatic imine (C=N–C) groups is 1. The van der Waals surface area contributed by atoms with Crippen LogP contribution in [-0.4, -0.2) is 44.2 Å². The molecule has 4 rings (SSSR count). The van der Waals surface area contributed by atoms with E-state index in [2.05, 4.69) is 4.99 Å². The molecule has 0 aliphatic heterocycles. The lowest BCUT2D eigenvalue weighted by molar-refractivity contribution is -0.177. The summed E-state index contributed by atoms with van der Waals surface area (Å²) in [5, 5.41) is 9.76. The largest absolute Gasteiger partial charge is 0.478 e. The van der Waals surface area contributed by atoms with Crippen molar-refractivity contribution in [3.63, 3.8) is 0 Å². The Morgan fingerprint density at radius 1 is 0.872 bits per heavy atom. The third-order valence-electron chi connectivity index (χ3n) is 5.68. The SMILES string of the molecule is CC(C)(C)OC(CSCc1ccc(-c2nc(-c3ccccc3)cc(-c3ccccc3)n2)cc1)(N=C=O)C(=O)O. The number of ether oxygens (including phenoxy) is 1. The van der Waals surface area contributed by atoms with Crippen LogP contribution in [0, 0.1) is 0 Å². The van der Waals surface area contributed by atoms with Crippen molar-refractivity contribution in [2.75, 3.05) is 5.75 Å². The van der Waals surface area contributed by atoms with E-state index >= 15 is 0 Å². The predicted molar refractivity (Wildman–Crippen MR) is 154 cm³/mol. The molecule has 0 amide bonds. The third kappa shape index (κ3) is 7.27. The third-order valence-corrected chi connectivity index (χ3v) is 6.81. The molecular weight excluding hydrogens is 510 g/mol. The lowest BCUT2D eigenvalue weighted by Crippen LogP contribution is -2.47. The van der Waals surface area contributed by atoms with Gasteiger partial charge in [0.2, 0.25) is 6.08 Å². The second kappa shape index (κ2) is 12.2. The molecule has 0 spiro atoms. The summed E-state index contributed by atoms with van der Waals surface area (Å²) in [5.74, 6) is -0.261. The number of nitrogens with zero attached hydrogens (tertiary/aromatic N) is 3. The fourth-order valence-corrected chi connectivity index (χ4v) is 5.02. The Kier molecular flexibility index (Phi) is 8.72. The minimum atomic E-state index is -2.00. The molecule has 3 aromatic carbocycles. The molecule has 1 N–H and O–H groups in total. The van der Waals surface area contributed by atoms with Crippen LogP contribution in [-0.2, 0) is 20.1 Å². The van der Waals surface area contributed by atoms with Crippen molar-refractivity contribution in [2.24, 2.45) is 4.99 Å². The minimum absolute atomic E-state index is 0.0424. The van der Waals surface area contributed by atoms with Gasteiger partial charge in [-0.15, -0.1) is 0 Å². The monoisotopic (exact) mass is 539 g/mol. The Bertz CT molecular complexity index is 1400. The molecule has 0 aliphatic rings. The Morgan fingerprint density at radius 3 is 1.87 bits per heavy atom. The van der Waals surface area contributed by atoms with Crippen molar-refractivity contribution in [3.05, 3.63) is 96.6 Å². The van der Waals surface area contributed by atoms with E-state index in [1.165, 1.54) is 17.8 Å². The quantitative estimate of drug-likeness (QED) is 0.178. The van der Waals surface area contributed by atoms with E-state index in [4.69, 9.17) is 14.7 Å². The molecule has 4 aromatic rings. The molecule has 39 heavy (non-hydrogen) atoms. The summed E-state index contributed by atoms with van der Waals surface area (Å²) in [6.07, 6.45) is 1.36. The van der Waals surface area contributed by atoms with E-state index < -0.39 is 17.3 Å². The van der Waals surface area contributed by atoms with Gasteiger partial charge in [0.05, 0.1) is 22.7 Å². The number of carbonyl (C=O) groups excluding carboxylic acids is 1. The number of aliphatic carboxylic acids is 1. The zero-order valence-electron chi connectivity index (χ0n) is 22.0. The normalized spacial score (nSPS) is 12.8. The number of thioether (sulfide) groups is 1. The number of hydrogen-bond acceptors (Lipinski definition) is 7. The average molecular weight is 540 g/mol. The van der Waals surface area contributed by atoms with Gasteiger partial charge in [-0.2, -0.15) is 16.8 Å². The topological polar surface area (TPSA) is 102 Å². The van der Waals surface area contributed by atoms with E-state index in [1.54, 1.807) is 20.8 Å². The van der Waals surface area contributed by atoms with Crippen molar-refractivity contribution < 1.29 is 19.4 Å². The fraction of sp³-hybridized carbons (Fsp3) is 0.226. The number of carboxylic acids is 1. The molecule has 0 bridgehead atoms. The number of aromatic nitrogens is 2. The number of rotatable bonds is 10. The van der Waals surface area contributed by atoms with Crippen molar-refractivity contribution in [2.45, 2.75) is 37.9 Å². The summed E-state index contributed by atoms with van der Waals surface area (Å²) in [4.78, 5) is 36.2. The number of isocyanates is 1. The molecule has 0 radical (unpaired) electrons. The lowest BCUT2D eigenvalue weighted by atomic mass is 10.1. The Balaban J connectivity index is 1.57. The van der Waals surface area contributed by atoms with Gasteiger partial charge in [0, 0.05) is 22.4 Å². The summed E-state index contributed by atoms with van der Waals surface area (Å²) < 4.78 is 5.67. The molecule has 7 nitrogen and oxygen atoms in total. The summed E-state index contributed by atoms with van der Waals surface area (Å²) >= 11 is 1.31. The van der Waals surface area contributed by atoms with E-state index in [-0.39, 0.29) is 5.75 Å². The van der Waals surface area contributed by atoms with E-state index in [0.717, 1.165) is 33.6 Å². The first-order chi connectivity index (χ1) is 18.7. The minimum Gasteiger partial charge on any atom is -0.478 e. The summed E-state index contributed by atoms with van der Waals surface area (Å²) in [5.41, 5.74) is 2.69. The van der Waals surface area contributed by atoms with Crippen molar-refractivity contribution >= 4 is 23.8 Å². The standard InChI is InChI=1S/C31H29N3O4S/c1-30(2,3)38-31(29(36)37,32-21-35)20-39-19-22-14-16-25(17-15-22)28-33-26(23-10-6-4-7-11-23)18-27(34-28)24-12-8-5-9-13-24/h4-18H,19-20H2,1-3H3,(H,36,37). The highest BCUT2D eigenvalue weighted by molar-refractivity contribution is 7.98. The van der Waals surface area contributed by atoms with Crippen LogP contribution in [0.2, 0.25) is 0 Å². The number of carboxylic acid groups (broad SMARTS) is 1. The molecule has 1 aromatic heterocycles. The molecule has 0 fully saturated rings. The van der Waals surface area contributed by atoms with Crippen molar-refractivity contribution in [1.82, 2.24) is 9.97 Å². The molecule has 0 saturated carbocycles. The van der Waals surface area contributed by atoms with E-state index in [1.807, 2.05) is 91.0 Å². The summed E-state index contributed by atoms with van der Waals surface area (Å²) in [7, 11) is 0. The molecule has 8 heteroatoms. The van der Waals surface area contributed by atoms with Gasteiger partial charge >= 0.3 is 5.97 Å². The maximum Gasteiger partial charge on any atom is 0.361 e. The van der Waals surface area contributed by atoms with Gasteiger partial charge in [0.15, 0.2) is 5.82 Å². The van der Waals surface area contributed by atoms with Crippen LogP contribution in [0.4, 0.5) is 0 Å². The lowest BCUT2D eigenvalue weighted by Gasteiger charge is -2.31. The van der Waals surface area contributed by atoms with Gasteiger partial charge in [0.1, 0.15) is 0 Å². The van der Waals surface area contributed by atoms with Gasteiger partial charge in [-0.25, -0.2) is 19.6 Å². The molecule has 0 saturated heterocycles. The highest BCUT2D eigenvalue weighted by Gasteiger charge is 2.43. The highest BCUT2D eigenvalue weighted by atomic mass is 32.2. The number of benzene rings is 3. The van der Waals surface area contributed by atoms with E-state index in [0.29, 0.717) is 11.6 Å². The van der Waals surface area contributed by atoms with Gasteiger partial charge in [-0.3, -0.25) is 0 Å². The molecule has 1 heterocycles. The number of carbonyl (C=O) groups is 1. The average Bonchev–Trinajstić information content (AvgIpc) is 2.93. The van der Waals surface area contributed by atoms with Crippen LogP contribution in [0.3, 0.4) is 0 Å². The van der Waals surface area contributed by atoms with E-state index in [9.17, 15) is 14.7 Å². The summed E-state index contributed by atoms with van der Waals surface area (Å²) in [6.45, 7) is 5.14. The van der Waals surface area contributed by atoms with Gasteiger partial charge < -0.3 is 9.84 Å². The van der Waals surface area contributed by atoms with Crippen molar-refractivity contribution in [3.8, 4) is 33.9 Å². The Morgan fingerprint density at radius 2 is 1.41 bits per heavy atom. The Hall–Kier alpha value is -4.10. The van der Waals surface area contributed by atoms with Gasteiger partial charge in [0.25, 0.3) is 5.72 Å². The fourth-order valence-electron chi connectivity index (χ4n) is 3.97. The van der Waals surface area contributed by atoms with Crippen molar-refractivity contribution in [1.29, 1.82) is 0 Å². The van der Waals surface area contributed by atoms with Crippen LogP contribution in [0.5, 0.6) is 0 Å². The van der Waals surface area contributed by atoms with Crippen LogP contribution < -0.4 is 0 Å². The smallest absolute Gasteiger partial charge is 0.361 e. The second-order valence-corrected chi connectivity index (χ2v) is 10.9. The van der Waals surface area contributed by atoms with Crippen LogP contribution in [0.1, 0.15) is 26.3 Å². The van der Waals surface area contributed by atoms with Crippen LogP contribution in [0.15, 0.2) is 96.0 Å². The van der Waals surface area contributed by atoms with Gasteiger partial charge in [-0.1, -0.05) is 84.9 Å². The maximum atomic E-state index is 12.0. The predicted octanol–water partition coefficient (Wildman–Crippen LogP) is 6.64. The molecule has 0 aliphatic carbocycles. The first-order valence-electron chi connectivity index (χ1n) is 12.4. The molecule has 1 unspecified atom stereocenters. The highest BCUT2D eigenvalue weighted by Crippen LogP contribution is 2.30. The Labute approximate surface area is 232 Å². The molecule has 1 atom stereocenters. The molecule has 198 valence electrons. The zero-order chi connectivity index (χ0) is 27.9. The van der Waals surface area contributed by atoms with Crippen LogP contribution in [0.25, 0.3) is 33.9 Å². The van der Waals surface area contributed by atoms with Gasteiger partial charge in [-0.05, 0) is 32.4 Å². The summed E-state index contributed by atoms with van der Waals surface area (Å²) in [6, 6.07) is 29.8.